The maximum absolute atomic E-state index is 11.8. The summed E-state index contributed by atoms with van der Waals surface area (Å²) in [5, 5.41) is 0.124. The summed E-state index contributed by atoms with van der Waals surface area (Å²) in [6.07, 6.45) is 6.01. The molecule has 108 valence electrons. The Morgan fingerprint density at radius 3 is 2.84 bits per heavy atom. The van der Waals surface area contributed by atoms with Gasteiger partial charge in [-0.15, -0.1) is 0 Å². The van der Waals surface area contributed by atoms with E-state index in [1.165, 1.54) is 25.4 Å². The minimum atomic E-state index is -3.42. The summed E-state index contributed by atoms with van der Waals surface area (Å²) in [7, 11) is -3.42. The van der Waals surface area contributed by atoms with Gasteiger partial charge >= 0.3 is 0 Å². The molecule has 7 heteroatoms. The number of hydrogen-bond donors (Lipinski definition) is 2. The van der Waals surface area contributed by atoms with Gasteiger partial charge in [0.25, 0.3) is 10.0 Å². The lowest BCUT2D eigenvalue weighted by atomic mass is 9.99. The fraction of sp³-hybridized carbons (Fsp3) is 0.750. The Labute approximate surface area is 114 Å². The first-order chi connectivity index (χ1) is 9.08. The Morgan fingerprint density at radius 2 is 2.21 bits per heavy atom. The topological polar surface area (TPSA) is 78.1 Å². The number of aromatic nitrogens is 2. The highest BCUT2D eigenvalue weighted by molar-refractivity contribution is 7.89. The molecule has 1 saturated heterocycles. The summed E-state index contributed by atoms with van der Waals surface area (Å²) < 4.78 is 26.2. The number of aromatic amines is 1. The van der Waals surface area contributed by atoms with E-state index in [9.17, 15) is 8.42 Å². The number of H-pyrrole nitrogens is 1. The molecule has 1 aliphatic rings. The molecule has 1 aliphatic heterocycles. The Hall–Kier alpha value is -0.920. The van der Waals surface area contributed by atoms with Crippen molar-refractivity contribution < 1.29 is 8.42 Å². The van der Waals surface area contributed by atoms with Crippen LogP contribution in [0.1, 0.15) is 26.2 Å². The van der Waals surface area contributed by atoms with Crippen LogP contribution in [-0.2, 0) is 10.0 Å². The largest absolute Gasteiger partial charge is 0.335 e. The van der Waals surface area contributed by atoms with Crippen LogP contribution < -0.4 is 4.72 Å². The number of rotatable bonds is 6. The van der Waals surface area contributed by atoms with Gasteiger partial charge in [-0.3, -0.25) is 0 Å². The van der Waals surface area contributed by atoms with E-state index < -0.39 is 10.0 Å². The van der Waals surface area contributed by atoms with E-state index in [2.05, 4.69) is 26.5 Å². The molecule has 0 bridgehead atoms. The van der Waals surface area contributed by atoms with Crippen LogP contribution in [-0.4, -0.2) is 49.5 Å². The molecule has 1 fully saturated rings. The first-order valence-corrected chi connectivity index (χ1v) is 8.26. The van der Waals surface area contributed by atoms with Gasteiger partial charge in [-0.1, -0.05) is 6.92 Å². The Kier molecular flexibility index (Phi) is 4.95. The SMILES string of the molecule is CC1CCN(CCCNS(=O)(=O)c2cnc[nH]2)CC1. The first-order valence-electron chi connectivity index (χ1n) is 6.78. The van der Waals surface area contributed by atoms with Crippen molar-refractivity contribution in [2.75, 3.05) is 26.2 Å². The number of piperidine rings is 1. The van der Waals surface area contributed by atoms with E-state index in [0.29, 0.717) is 6.54 Å². The zero-order valence-corrected chi connectivity index (χ0v) is 12.1. The lowest BCUT2D eigenvalue weighted by Gasteiger charge is -2.30. The lowest BCUT2D eigenvalue weighted by molar-refractivity contribution is 0.191. The molecule has 0 aliphatic carbocycles. The highest BCUT2D eigenvalue weighted by Crippen LogP contribution is 2.15. The molecule has 2 rings (SSSR count). The summed E-state index contributed by atoms with van der Waals surface area (Å²) in [5.74, 6) is 0.829. The number of nitrogens with one attached hydrogen (secondary N) is 2. The average molecular weight is 286 g/mol. The van der Waals surface area contributed by atoms with Crippen molar-refractivity contribution in [2.45, 2.75) is 31.2 Å². The number of sulfonamides is 1. The van der Waals surface area contributed by atoms with Gasteiger partial charge < -0.3 is 9.88 Å². The average Bonchev–Trinajstić information content (AvgIpc) is 2.91. The van der Waals surface area contributed by atoms with Crippen molar-refractivity contribution >= 4 is 10.0 Å². The Balaban J connectivity index is 1.67. The van der Waals surface area contributed by atoms with Crippen LogP contribution in [0, 0.1) is 5.92 Å². The minimum absolute atomic E-state index is 0.124. The van der Waals surface area contributed by atoms with Crippen LogP contribution in [0.25, 0.3) is 0 Å². The molecule has 0 unspecified atom stereocenters. The first kappa shape index (κ1) is 14.5. The fourth-order valence-electron chi connectivity index (χ4n) is 2.26. The van der Waals surface area contributed by atoms with Gasteiger partial charge in [0.1, 0.15) is 0 Å². The maximum atomic E-state index is 11.8. The molecule has 0 amide bonds. The molecule has 6 nitrogen and oxygen atoms in total. The third-order valence-corrected chi connectivity index (χ3v) is 4.97. The molecule has 0 aromatic carbocycles. The number of likely N-dealkylation sites (tertiary alicyclic amines) is 1. The molecule has 0 radical (unpaired) electrons. The molecule has 0 spiro atoms. The highest BCUT2D eigenvalue weighted by atomic mass is 32.2. The molecule has 0 saturated carbocycles. The van der Waals surface area contributed by atoms with Crippen LogP contribution in [0.2, 0.25) is 0 Å². The number of hydrogen-bond acceptors (Lipinski definition) is 4. The van der Waals surface area contributed by atoms with Gasteiger partial charge in [-0.2, -0.15) is 0 Å². The van der Waals surface area contributed by atoms with Gasteiger partial charge in [0.15, 0.2) is 5.03 Å². The molecule has 2 N–H and O–H groups in total. The molecule has 0 atom stereocenters. The summed E-state index contributed by atoms with van der Waals surface area (Å²) in [6.45, 7) is 5.98. The van der Waals surface area contributed by atoms with Gasteiger partial charge in [0.05, 0.1) is 12.5 Å². The monoisotopic (exact) mass is 286 g/mol. The van der Waals surface area contributed by atoms with E-state index in [1.807, 2.05) is 0 Å². The normalized spacial score (nSPS) is 18.8. The predicted molar refractivity (Wildman–Crippen MR) is 73.2 cm³/mol. The van der Waals surface area contributed by atoms with Crippen molar-refractivity contribution in [1.29, 1.82) is 0 Å². The summed E-state index contributed by atoms with van der Waals surface area (Å²) >= 11 is 0. The third kappa shape index (κ3) is 4.29. The van der Waals surface area contributed by atoms with Crippen molar-refractivity contribution in [3.05, 3.63) is 12.5 Å². The van der Waals surface area contributed by atoms with Crippen molar-refractivity contribution in [1.82, 2.24) is 19.6 Å². The second-order valence-electron chi connectivity index (χ2n) is 5.19. The Bertz CT molecular complexity index is 464. The standard InChI is InChI=1S/C12H22N4O2S/c1-11-3-7-16(8-4-11)6-2-5-15-19(17,18)12-9-13-10-14-12/h9-11,15H,2-8H2,1H3,(H,13,14). The number of nitrogens with zero attached hydrogens (tertiary/aromatic N) is 2. The van der Waals surface area contributed by atoms with Gasteiger partial charge in [0, 0.05) is 6.54 Å². The second-order valence-corrected chi connectivity index (χ2v) is 6.93. The summed E-state index contributed by atoms with van der Waals surface area (Å²) in [6, 6.07) is 0. The molecule has 1 aromatic rings. The van der Waals surface area contributed by atoms with E-state index in [-0.39, 0.29) is 5.03 Å². The summed E-state index contributed by atoms with van der Waals surface area (Å²) in [4.78, 5) is 8.72. The molecule has 19 heavy (non-hydrogen) atoms. The molecule has 2 heterocycles. The second kappa shape index (κ2) is 6.49. The summed E-state index contributed by atoms with van der Waals surface area (Å²) in [5.41, 5.74) is 0. The quantitative estimate of drug-likeness (QED) is 0.759. The van der Waals surface area contributed by atoms with Crippen LogP contribution in [0.15, 0.2) is 17.6 Å². The van der Waals surface area contributed by atoms with Gasteiger partial charge in [-0.05, 0) is 44.8 Å². The predicted octanol–water partition coefficient (Wildman–Crippen LogP) is 0.810. The van der Waals surface area contributed by atoms with Crippen molar-refractivity contribution in [2.24, 2.45) is 5.92 Å². The van der Waals surface area contributed by atoms with Crippen LogP contribution in [0.5, 0.6) is 0 Å². The molecular weight excluding hydrogens is 264 g/mol. The van der Waals surface area contributed by atoms with Gasteiger partial charge in [-0.25, -0.2) is 18.1 Å². The van der Waals surface area contributed by atoms with Crippen LogP contribution in [0.3, 0.4) is 0 Å². The van der Waals surface area contributed by atoms with Crippen LogP contribution in [0.4, 0.5) is 0 Å². The lowest BCUT2D eigenvalue weighted by Crippen LogP contribution is -2.35. The molecule has 1 aromatic heterocycles. The Morgan fingerprint density at radius 1 is 1.47 bits per heavy atom. The van der Waals surface area contributed by atoms with Crippen molar-refractivity contribution in [3.63, 3.8) is 0 Å². The van der Waals surface area contributed by atoms with E-state index >= 15 is 0 Å². The zero-order chi connectivity index (χ0) is 13.7. The number of imidazole rings is 1. The zero-order valence-electron chi connectivity index (χ0n) is 11.3. The van der Waals surface area contributed by atoms with Gasteiger partial charge in [0.2, 0.25) is 0 Å². The molecular formula is C12H22N4O2S. The minimum Gasteiger partial charge on any atom is -0.335 e. The highest BCUT2D eigenvalue weighted by Gasteiger charge is 2.16. The smallest absolute Gasteiger partial charge is 0.257 e. The van der Waals surface area contributed by atoms with E-state index in [1.54, 1.807) is 0 Å². The third-order valence-electron chi connectivity index (χ3n) is 3.58. The maximum Gasteiger partial charge on any atom is 0.257 e. The van der Waals surface area contributed by atoms with Crippen molar-refractivity contribution in [3.8, 4) is 0 Å². The van der Waals surface area contributed by atoms with E-state index in [0.717, 1.165) is 32.0 Å². The van der Waals surface area contributed by atoms with Crippen LogP contribution >= 0.6 is 0 Å². The van der Waals surface area contributed by atoms with E-state index in [4.69, 9.17) is 0 Å². The fourth-order valence-corrected chi connectivity index (χ4v) is 3.24.